The monoisotopic (exact) mass is 311 g/mol. The Morgan fingerprint density at radius 3 is 2.70 bits per heavy atom. The second kappa shape index (κ2) is 6.69. The van der Waals surface area contributed by atoms with E-state index in [2.05, 4.69) is 20.8 Å². The van der Waals surface area contributed by atoms with Crippen LogP contribution in [0.3, 0.4) is 0 Å². The predicted octanol–water partition coefficient (Wildman–Crippen LogP) is 2.89. The number of para-hydroxylation sites is 2. The van der Waals surface area contributed by atoms with Gasteiger partial charge in [0.1, 0.15) is 11.6 Å². The minimum Gasteiger partial charge on any atom is -0.495 e. The number of hydrogen-bond donors (Lipinski definition) is 1. The van der Waals surface area contributed by atoms with Gasteiger partial charge in [0.05, 0.1) is 18.5 Å². The van der Waals surface area contributed by atoms with Crippen LogP contribution >= 0.6 is 0 Å². The Hall–Kier alpha value is -3.22. The summed E-state index contributed by atoms with van der Waals surface area (Å²) in [5, 5.41) is 14.6. The van der Waals surface area contributed by atoms with E-state index in [9.17, 15) is 4.39 Å². The van der Waals surface area contributed by atoms with Crippen LogP contribution in [-0.4, -0.2) is 27.3 Å². The van der Waals surface area contributed by atoms with Crippen molar-refractivity contribution in [3.63, 3.8) is 0 Å². The average Bonchev–Trinajstić information content (AvgIpc) is 3.04. The van der Waals surface area contributed by atoms with E-state index in [1.54, 1.807) is 31.5 Å². The van der Waals surface area contributed by atoms with E-state index in [0.29, 0.717) is 11.5 Å². The van der Waals surface area contributed by atoms with Crippen LogP contribution in [0.2, 0.25) is 0 Å². The molecule has 1 N–H and O–H groups in total. The molecule has 0 radical (unpaired) electrons. The summed E-state index contributed by atoms with van der Waals surface area (Å²) in [6, 6.07) is 13.5. The number of nitrogens with one attached hydrogen (secondary N) is 1. The van der Waals surface area contributed by atoms with Crippen molar-refractivity contribution in [1.29, 1.82) is 0 Å². The molecule has 0 atom stereocenters. The van der Waals surface area contributed by atoms with E-state index in [-0.39, 0.29) is 5.82 Å². The van der Waals surface area contributed by atoms with Gasteiger partial charge in [0.25, 0.3) is 0 Å². The summed E-state index contributed by atoms with van der Waals surface area (Å²) in [4.78, 5) is 0. The Morgan fingerprint density at radius 2 is 1.91 bits per heavy atom. The third-order valence-corrected chi connectivity index (χ3v) is 3.14. The lowest BCUT2D eigenvalue weighted by molar-refractivity contribution is 0.417. The first kappa shape index (κ1) is 14.7. The number of anilines is 1. The smallest absolute Gasteiger partial charge is 0.181 e. The van der Waals surface area contributed by atoms with Crippen LogP contribution in [-0.2, 0) is 0 Å². The molecule has 0 saturated carbocycles. The molecule has 0 spiro atoms. The molecule has 0 bridgehead atoms. The molecule has 23 heavy (non-hydrogen) atoms. The summed E-state index contributed by atoms with van der Waals surface area (Å²) in [6.45, 7) is 0. The number of methoxy groups -OCH3 is 1. The van der Waals surface area contributed by atoms with Crippen molar-refractivity contribution < 1.29 is 9.13 Å². The zero-order chi connectivity index (χ0) is 16.1. The van der Waals surface area contributed by atoms with E-state index in [1.807, 2.05) is 24.3 Å². The number of ether oxygens (including phenoxy) is 1. The number of tetrazole rings is 1. The Bertz CT molecular complexity index is 813. The normalized spacial score (nSPS) is 10.9. The highest BCUT2D eigenvalue weighted by Crippen LogP contribution is 2.23. The average molecular weight is 311 g/mol. The lowest BCUT2D eigenvalue weighted by Gasteiger charge is -2.07. The quantitative estimate of drug-likeness (QED) is 0.785. The Labute approximate surface area is 132 Å². The SMILES string of the molecule is COc1ccccc1NC=Cc1nnnn1-c1ccc(F)cc1. The van der Waals surface area contributed by atoms with Crippen molar-refractivity contribution in [2.75, 3.05) is 12.4 Å². The molecule has 0 fully saturated rings. The fourth-order valence-electron chi connectivity index (χ4n) is 2.03. The third-order valence-electron chi connectivity index (χ3n) is 3.14. The van der Waals surface area contributed by atoms with Gasteiger partial charge < -0.3 is 10.1 Å². The van der Waals surface area contributed by atoms with Gasteiger partial charge in [-0.05, 0) is 46.8 Å². The van der Waals surface area contributed by atoms with Crippen LogP contribution in [0, 0.1) is 5.82 Å². The maximum atomic E-state index is 13.0. The molecule has 3 aromatic rings. The second-order valence-electron chi connectivity index (χ2n) is 4.60. The lowest BCUT2D eigenvalue weighted by Crippen LogP contribution is -2.00. The zero-order valence-corrected chi connectivity index (χ0v) is 12.3. The number of halogens is 1. The summed E-state index contributed by atoms with van der Waals surface area (Å²) in [5.74, 6) is 0.936. The highest BCUT2D eigenvalue weighted by molar-refractivity contribution is 5.60. The minimum absolute atomic E-state index is 0.309. The summed E-state index contributed by atoms with van der Waals surface area (Å²) in [7, 11) is 1.61. The van der Waals surface area contributed by atoms with Crippen LogP contribution in [0.5, 0.6) is 5.75 Å². The van der Waals surface area contributed by atoms with Gasteiger partial charge in [-0.2, -0.15) is 4.68 Å². The molecule has 3 rings (SSSR count). The molecule has 6 nitrogen and oxygen atoms in total. The van der Waals surface area contributed by atoms with Crippen molar-refractivity contribution in [3.05, 3.63) is 66.4 Å². The van der Waals surface area contributed by atoms with E-state index < -0.39 is 0 Å². The molecule has 7 heteroatoms. The molecule has 0 saturated heterocycles. The fraction of sp³-hybridized carbons (Fsp3) is 0.0625. The highest BCUT2D eigenvalue weighted by Gasteiger charge is 2.05. The molecule has 0 unspecified atom stereocenters. The van der Waals surface area contributed by atoms with Gasteiger partial charge in [-0.1, -0.05) is 12.1 Å². The molecule has 116 valence electrons. The van der Waals surface area contributed by atoms with Crippen LogP contribution < -0.4 is 10.1 Å². The largest absolute Gasteiger partial charge is 0.495 e. The molecular weight excluding hydrogens is 297 g/mol. The summed E-state index contributed by atoms with van der Waals surface area (Å²) in [5.41, 5.74) is 1.50. The molecular formula is C16H14FN5O. The molecule has 0 amide bonds. The Morgan fingerprint density at radius 1 is 1.13 bits per heavy atom. The number of aromatic nitrogens is 4. The molecule has 0 aliphatic carbocycles. The van der Waals surface area contributed by atoms with Crippen molar-refractivity contribution >= 4 is 11.8 Å². The van der Waals surface area contributed by atoms with E-state index in [0.717, 1.165) is 11.4 Å². The van der Waals surface area contributed by atoms with Crippen molar-refractivity contribution in [3.8, 4) is 11.4 Å². The first-order valence-corrected chi connectivity index (χ1v) is 6.88. The standard InChI is InChI=1S/C16H14FN5O/c1-23-15-5-3-2-4-14(15)18-11-10-16-19-20-21-22(16)13-8-6-12(17)7-9-13/h2-11,18H,1H3. The maximum Gasteiger partial charge on any atom is 0.181 e. The highest BCUT2D eigenvalue weighted by atomic mass is 19.1. The summed E-state index contributed by atoms with van der Waals surface area (Å²) >= 11 is 0. The van der Waals surface area contributed by atoms with Gasteiger partial charge in [0.15, 0.2) is 5.82 Å². The van der Waals surface area contributed by atoms with E-state index in [1.165, 1.54) is 16.8 Å². The topological polar surface area (TPSA) is 64.9 Å². The van der Waals surface area contributed by atoms with Crippen LogP contribution in [0.15, 0.2) is 54.7 Å². The fourth-order valence-corrected chi connectivity index (χ4v) is 2.03. The van der Waals surface area contributed by atoms with Gasteiger partial charge in [-0.25, -0.2) is 4.39 Å². The van der Waals surface area contributed by atoms with Crippen molar-refractivity contribution in [2.45, 2.75) is 0 Å². The molecule has 1 aromatic heterocycles. The van der Waals surface area contributed by atoms with Crippen molar-refractivity contribution in [2.24, 2.45) is 0 Å². The molecule has 0 aliphatic rings. The zero-order valence-electron chi connectivity index (χ0n) is 12.3. The predicted molar refractivity (Wildman–Crippen MR) is 84.8 cm³/mol. The molecule has 0 aliphatic heterocycles. The van der Waals surface area contributed by atoms with Gasteiger partial charge >= 0.3 is 0 Å². The van der Waals surface area contributed by atoms with E-state index >= 15 is 0 Å². The number of nitrogens with zero attached hydrogens (tertiary/aromatic N) is 4. The van der Waals surface area contributed by atoms with Crippen LogP contribution in [0.4, 0.5) is 10.1 Å². The van der Waals surface area contributed by atoms with Crippen molar-refractivity contribution in [1.82, 2.24) is 20.2 Å². The number of hydrogen-bond acceptors (Lipinski definition) is 5. The second-order valence-corrected chi connectivity index (χ2v) is 4.60. The number of benzene rings is 2. The van der Waals surface area contributed by atoms with E-state index in [4.69, 9.17) is 4.74 Å². The summed E-state index contributed by atoms with van der Waals surface area (Å²) < 4.78 is 19.8. The first-order valence-electron chi connectivity index (χ1n) is 6.88. The molecule has 2 aromatic carbocycles. The molecule has 1 heterocycles. The van der Waals surface area contributed by atoms with Gasteiger partial charge in [0, 0.05) is 12.3 Å². The number of rotatable bonds is 5. The minimum atomic E-state index is -0.309. The van der Waals surface area contributed by atoms with Crippen LogP contribution in [0.1, 0.15) is 5.82 Å². The summed E-state index contributed by atoms with van der Waals surface area (Å²) in [6.07, 6.45) is 3.43. The lowest BCUT2D eigenvalue weighted by atomic mass is 10.3. The first-order chi connectivity index (χ1) is 11.3. The Kier molecular flexibility index (Phi) is 4.28. The van der Waals surface area contributed by atoms with Gasteiger partial charge in [0.2, 0.25) is 0 Å². The Balaban J connectivity index is 1.79. The maximum absolute atomic E-state index is 13.0. The van der Waals surface area contributed by atoms with Gasteiger partial charge in [-0.3, -0.25) is 0 Å². The van der Waals surface area contributed by atoms with Gasteiger partial charge in [-0.15, -0.1) is 5.10 Å². The third kappa shape index (κ3) is 3.34. The van der Waals surface area contributed by atoms with Crippen LogP contribution in [0.25, 0.3) is 11.8 Å².